The third-order valence-electron chi connectivity index (χ3n) is 1.36. The van der Waals surface area contributed by atoms with Crippen LogP contribution >= 0.6 is 0 Å². The SMILES string of the molecule is CCCC(CC(C)=O)N=[N+]=[N-]. The van der Waals surface area contributed by atoms with E-state index in [9.17, 15) is 4.79 Å². The highest BCUT2D eigenvalue weighted by Gasteiger charge is 2.06. The van der Waals surface area contributed by atoms with Crippen LogP contribution in [0.3, 0.4) is 0 Å². The van der Waals surface area contributed by atoms with E-state index in [1.54, 1.807) is 0 Å². The fourth-order valence-electron chi connectivity index (χ4n) is 0.939. The predicted molar refractivity (Wildman–Crippen MR) is 43.1 cm³/mol. The Hall–Kier alpha value is -1.02. The van der Waals surface area contributed by atoms with Crippen LogP contribution in [0.15, 0.2) is 5.11 Å². The molecule has 0 N–H and O–H groups in total. The van der Waals surface area contributed by atoms with Crippen LogP contribution in [-0.4, -0.2) is 11.8 Å². The Labute approximate surface area is 66.2 Å². The molecular weight excluding hydrogens is 142 g/mol. The number of ketones is 1. The molecule has 0 aromatic heterocycles. The van der Waals surface area contributed by atoms with E-state index in [1.807, 2.05) is 6.92 Å². The summed E-state index contributed by atoms with van der Waals surface area (Å²) in [5, 5.41) is 3.51. The first-order valence-electron chi connectivity index (χ1n) is 3.74. The van der Waals surface area contributed by atoms with Crippen LogP contribution in [-0.2, 0) is 4.79 Å². The first kappa shape index (κ1) is 9.98. The minimum atomic E-state index is -0.137. The molecule has 0 aliphatic rings. The molecule has 0 fully saturated rings. The predicted octanol–water partition coefficient (Wildman–Crippen LogP) is 2.44. The highest BCUT2D eigenvalue weighted by molar-refractivity contribution is 5.76. The third-order valence-corrected chi connectivity index (χ3v) is 1.36. The van der Waals surface area contributed by atoms with Crippen molar-refractivity contribution in [3.05, 3.63) is 10.4 Å². The van der Waals surface area contributed by atoms with Gasteiger partial charge in [0.1, 0.15) is 5.78 Å². The van der Waals surface area contributed by atoms with Crippen molar-refractivity contribution >= 4 is 5.78 Å². The first-order chi connectivity index (χ1) is 5.20. The summed E-state index contributed by atoms with van der Waals surface area (Å²) in [5.74, 6) is 0.0795. The Bertz CT molecular complexity index is 173. The van der Waals surface area contributed by atoms with Crippen molar-refractivity contribution in [1.29, 1.82) is 0 Å². The Balaban J connectivity index is 3.88. The lowest BCUT2D eigenvalue weighted by atomic mass is 10.1. The van der Waals surface area contributed by atoms with Crippen LogP contribution in [0.1, 0.15) is 33.1 Å². The summed E-state index contributed by atoms with van der Waals surface area (Å²) in [5.41, 5.74) is 8.12. The van der Waals surface area contributed by atoms with Gasteiger partial charge in [0.2, 0.25) is 0 Å². The topological polar surface area (TPSA) is 65.8 Å². The lowest BCUT2D eigenvalue weighted by Crippen LogP contribution is -2.07. The second-order valence-corrected chi connectivity index (χ2v) is 2.55. The number of carbonyl (C=O) groups excluding carboxylic acids is 1. The average molecular weight is 155 g/mol. The minimum absolute atomic E-state index is 0.0795. The third kappa shape index (κ3) is 5.43. The van der Waals surface area contributed by atoms with E-state index in [4.69, 9.17) is 5.53 Å². The minimum Gasteiger partial charge on any atom is -0.300 e. The highest BCUT2D eigenvalue weighted by atomic mass is 16.1. The summed E-state index contributed by atoms with van der Waals surface area (Å²) in [6.45, 7) is 3.51. The molecule has 0 aliphatic heterocycles. The molecule has 0 saturated heterocycles. The second-order valence-electron chi connectivity index (χ2n) is 2.55. The van der Waals surface area contributed by atoms with E-state index < -0.39 is 0 Å². The van der Waals surface area contributed by atoms with Crippen LogP contribution in [0.5, 0.6) is 0 Å². The molecule has 0 heterocycles. The van der Waals surface area contributed by atoms with E-state index >= 15 is 0 Å². The molecule has 0 bridgehead atoms. The summed E-state index contributed by atoms with van der Waals surface area (Å²) in [6.07, 6.45) is 2.11. The molecule has 4 heteroatoms. The van der Waals surface area contributed by atoms with Crippen molar-refractivity contribution in [2.24, 2.45) is 5.11 Å². The average Bonchev–Trinajstić information content (AvgIpc) is 1.87. The first-order valence-corrected chi connectivity index (χ1v) is 3.74. The van der Waals surface area contributed by atoms with Gasteiger partial charge in [-0.25, -0.2) is 0 Å². The Morgan fingerprint density at radius 2 is 2.36 bits per heavy atom. The van der Waals surface area contributed by atoms with E-state index in [-0.39, 0.29) is 11.8 Å². The molecule has 11 heavy (non-hydrogen) atoms. The lowest BCUT2D eigenvalue weighted by Gasteiger charge is -2.05. The van der Waals surface area contributed by atoms with Gasteiger partial charge in [0.05, 0.1) is 0 Å². The van der Waals surface area contributed by atoms with E-state index in [0.29, 0.717) is 6.42 Å². The van der Waals surface area contributed by atoms with Gasteiger partial charge < -0.3 is 4.79 Å². The van der Waals surface area contributed by atoms with Gasteiger partial charge in [0.25, 0.3) is 0 Å². The lowest BCUT2D eigenvalue weighted by molar-refractivity contribution is -0.117. The molecule has 0 rings (SSSR count). The number of carbonyl (C=O) groups is 1. The number of hydrogen-bond donors (Lipinski definition) is 0. The largest absolute Gasteiger partial charge is 0.300 e. The molecule has 0 aromatic carbocycles. The van der Waals surface area contributed by atoms with Crippen LogP contribution in [0, 0.1) is 0 Å². The van der Waals surface area contributed by atoms with Gasteiger partial charge in [0, 0.05) is 17.4 Å². The Kier molecular flexibility index (Phi) is 5.21. The van der Waals surface area contributed by atoms with E-state index in [2.05, 4.69) is 10.0 Å². The Morgan fingerprint density at radius 1 is 1.73 bits per heavy atom. The molecule has 0 amide bonds. The molecule has 62 valence electrons. The number of azide groups is 1. The molecule has 0 spiro atoms. The zero-order valence-electron chi connectivity index (χ0n) is 6.95. The monoisotopic (exact) mass is 155 g/mol. The number of Topliss-reactive ketones (excluding diaryl/α,β-unsaturated/α-hetero) is 1. The maximum absolute atomic E-state index is 10.6. The van der Waals surface area contributed by atoms with Gasteiger partial charge in [-0.3, -0.25) is 0 Å². The van der Waals surface area contributed by atoms with Crippen LogP contribution in [0.4, 0.5) is 0 Å². The van der Waals surface area contributed by atoms with E-state index in [0.717, 1.165) is 12.8 Å². The summed E-state index contributed by atoms with van der Waals surface area (Å²) in [7, 11) is 0. The molecular formula is C7H13N3O. The normalized spacial score (nSPS) is 11.8. The van der Waals surface area contributed by atoms with Crippen molar-refractivity contribution in [3.63, 3.8) is 0 Å². The zero-order chi connectivity index (χ0) is 8.69. The van der Waals surface area contributed by atoms with Crippen LogP contribution in [0.25, 0.3) is 10.4 Å². The molecule has 0 radical (unpaired) electrons. The summed E-state index contributed by atoms with van der Waals surface area (Å²) in [4.78, 5) is 13.3. The van der Waals surface area contributed by atoms with Gasteiger partial charge in [-0.2, -0.15) is 0 Å². The molecule has 1 unspecified atom stereocenters. The Morgan fingerprint density at radius 3 is 2.73 bits per heavy atom. The molecule has 4 nitrogen and oxygen atoms in total. The fraction of sp³-hybridized carbons (Fsp3) is 0.857. The van der Waals surface area contributed by atoms with Crippen LogP contribution < -0.4 is 0 Å². The van der Waals surface area contributed by atoms with Gasteiger partial charge in [-0.05, 0) is 18.9 Å². The smallest absolute Gasteiger partial charge is 0.130 e. The van der Waals surface area contributed by atoms with Crippen molar-refractivity contribution < 1.29 is 4.79 Å². The molecule has 1 atom stereocenters. The number of nitrogens with zero attached hydrogens (tertiary/aromatic N) is 3. The van der Waals surface area contributed by atoms with Gasteiger partial charge >= 0.3 is 0 Å². The summed E-state index contributed by atoms with van der Waals surface area (Å²) < 4.78 is 0. The zero-order valence-corrected chi connectivity index (χ0v) is 6.95. The maximum atomic E-state index is 10.6. The molecule has 0 saturated carbocycles. The fourth-order valence-corrected chi connectivity index (χ4v) is 0.939. The van der Waals surface area contributed by atoms with Crippen molar-refractivity contribution in [2.45, 2.75) is 39.2 Å². The van der Waals surface area contributed by atoms with E-state index in [1.165, 1.54) is 6.92 Å². The highest BCUT2D eigenvalue weighted by Crippen LogP contribution is 2.06. The van der Waals surface area contributed by atoms with Gasteiger partial charge in [0.15, 0.2) is 0 Å². The van der Waals surface area contributed by atoms with Gasteiger partial charge in [-0.15, -0.1) is 0 Å². The van der Waals surface area contributed by atoms with Crippen molar-refractivity contribution in [2.75, 3.05) is 0 Å². The summed E-state index contributed by atoms with van der Waals surface area (Å²) >= 11 is 0. The molecule has 0 aromatic rings. The number of rotatable bonds is 5. The summed E-state index contributed by atoms with van der Waals surface area (Å²) in [6, 6.07) is -0.137. The maximum Gasteiger partial charge on any atom is 0.130 e. The van der Waals surface area contributed by atoms with Crippen molar-refractivity contribution in [1.82, 2.24) is 0 Å². The second kappa shape index (κ2) is 5.74. The number of hydrogen-bond acceptors (Lipinski definition) is 2. The van der Waals surface area contributed by atoms with Gasteiger partial charge in [-0.1, -0.05) is 18.5 Å². The molecule has 0 aliphatic carbocycles. The quantitative estimate of drug-likeness (QED) is 0.341. The van der Waals surface area contributed by atoms with Crippen LogP contribution in [0.2, 0.25) is 0 Å². The van der Waals surface area contributed by atoms with Crippen molar-refractivity contribution in [3.8, 4) is 0 Å². The standard InChI is InChI=1S/C7H13N3O/c1-3-4-7(9-10-8)5-6(2)11/h7H,3-5H2,1-2H3.